The van der Waals surface area contributed by atoms with Gasteiger partial charge in [0.25, 0.3) is 0 Å². The maximum Gasteiger partial charge on any atom is 0.306 e. The minimum Gasteiger partial charge on any atom is -0.454 e. The Bertz CT molecular complexity index is 1620. The molecule has 1 aliphatic rings. The Morgan fingerprint density at radius 3 is 1.24 bits per heavy atom. The predicted molar refractivity (Wildman–Crippen MR) is 356 cm³/mol. The maximum absolute atomic E-state index is 13.5. The molecule has 0 aliphatic carbocycles. The topological polar surface area (TPSA) is 175 Å². The molecule has 0 bridgehead atoms. The number of unbranched alkanes of at least 4 members (excludes halogenated alkanes) is 40. The van der Waals surface area contributed by atoms with Crippen molar-refractivity contribution >= 4 is 11.9 Å². The summed E-state index contributed by atoms with van der Waals surface area (Å²) >= 11 is 0. The van der Waals surface area contributed by atoms with Crippen molar-refractivity contribution in [2.45, 2.75) is 384 Å². The van der Waals surface area contributed by atoms with E-state index >= 15 is 0 Å². The van der Waals surface area contributed by atoms with Crippen molar-refractivity contribution in [1.29, 1.82) is 0 Å². The first-order chi connectivity index (χ1) is 41.7. The summed E-state index contributed by atoms with van der Waals surface area (Å²) in [6.07, 6.45) is 68.2. The van der Waals surface area contributed by atoms with Gasteiger partial charge in [-0.05, 0) is 70.6 Å². The minimum absolute atomic E-state index is 0.117. The number of allylic oxidation sites excluding steroid dienone is 9. The quantitative estimate of drug-likeness (QED) is 0.0195. The number of hydrogen-bond acceptors (Lipinski definition) is 10. The molecule has 85 heavy (non-hydrogen) atoms. The number of aliphatic hydroxyl groups excluding tert-OH is 5. The summed E-state index contributed by atoms with van der Waals surface area (Å²) in [4.78, 5) is 26.7. The second-order valence-corrected chi connectivity index (χ2v) is 25.0. The standard InChI is InChI=1S/C74H135NO10/c1-4-7-10-13-16-19-22-25-27-29-31-32-33-34-35-36-37-39-41-44-47-50-53-56-59-62-69(79)85-72-71(81)70(80)68(63-76)84-74(72)83-64-65(66(77)60-57-54-51-48-45-42-24-21-18-15-12-9-6-3)75-73(82)67(78)61-58-55-52-49-46-43-40-38-30-28-26-23-20-17-14-11-8-5-2/h16,19,25,27,31-32,34-35,57,60,65-68,70-72,74,76-78,80-81H,4-15,17-18,20-24,26,28-30,33,36-56,58-59,61-64H2,1-3H3,(H,75,82)/b19-16-,27-25-,32-31-,35-34-,60-57+. The largest absolute Gasteiger partial charge is 0.454 e. The average molecular weight is 1200 g/mol. The third-order valence-electron chi connectivity index (χ3n) is 16.9. The van der Waals surface area contributed by atoms with Crippen LogP contribution in [-0.2, 0) is 23.8 Å². The van der Waals surface area contributed by atoms with Gasteiger partial charge in [-0.25, -0.2) is 0 Å². The Kier molecular flexibility index (Phi) is 58.2. The molecule has 1 amide bonds. The van der Waals surface area contributed by atoms with Gasteiger partial charge < -0.3 is 45.1 Å². The number of rotatable bonds is 62. The lowest BCUT2D eigenvalue weighted by Crippen LogP contribution is -2.61. The molecule has 496 valence electrons. The molecule has 11 heteroatoms. The third kappa shape index (κ3) is 48.9. The maximum atomic E-state index is 13.5. The van der Waals surface area contributed by atoms with Crippen molar-refractivity contribution in [1.82, 2.24) is 5.32 Å². The summed E-state index contributed by atoms with van der Waals surface area (Å²) in [5, 5.41) is 57.3. The van der Waals surface area contributed by atoms with Gasteiger partial charge in [-0.3, -0.25) is 9.59 Å². The summed E-state index contributed by atoms with van der Waals surface area (Å²) in [6, 6.07) is -1.02. The smallest absolute Gasteiger partial charge is 0.306 e. The molecule has 1 heterocycles. The highest BCUT2D eigenvalue weighted by atomic mass is 16.7. The van der Waals surface area contributed by atoms with Crippen molar-refractivity contribution in [2.75, 3.05) is 13.2 Å². The first kappa shape index (κ1) is 80.4. The molecule has 1 fully saturated rings. The van der Waals surface area contributed by atoms with Crippen LogP contribution in [0, 0.1) is 0 Å². The van der Waals surface area contributed by atoms with Crippen molar-refractivity contribution in [3.63, 3.8) is 0 Å². The van der Waals surface area contributed by atoms with E-state index in [-0.39, 0.29) is 13.0 Å². The van der Waals surface area contributed by atoms with Crippen molar-refractivity contribution in [3.8, 4) is 0 Å². The Hall–Kier alpha value is -2.64. The number of ether oxygens (including phenoxy) is 3. The minimum atomic E-state index is -1.62. The zero-order valence-corrected chi connectivity index (χ0v) is 55.2. The average Bonchev–Trinajstić information content (AvgIpc) is 3.34. The fourth-order valence-electron chi connectivity index (χ4n) is 11.2. The zero-order chi connectivity index (χ0) is 61.7. The molecule has 0 aromatic heterocycles. The SMILES string of the molecule is CCCCC/C=C\C/C=C\C/C=C\C/C=C\CCCCCCCCCCCC(=O)OC1C(OCC(NC(=O)C(O)CCCCCCCCCCCCCCCCCCCC)C(O)/C=C/CCCCCCCCCCCCC)OC(CO)C(O)C1O. The van der Waals surface area contributed by atoms with E-state index in [1.165, 1.54) is 199 Å². The van der Waals surface area contributed by atoms with E-state index in [4.69, 9.17) is 14.2 Å². The first-order valence-electron chi connectivity index (χ1n) is 36.1. The van der Waals surface area contributed by atoms with E-state index < -0.39 is 67.4 Å². The van der Waals surface area contributed by atoms with Crippen LogP contribution in [-0.4, -0.2) is 99.6 Å². The van der Waals surface area contributed by atoms with Gasteiger partial charge in [0.15, 0.2) is 12.4 Å². The molecule has 1 rings (SSSR count). The van der Waals surface area contributed by atoms with Gasteiger partial charge in [0.1, 0.15) is 24.4 Å². The molecular formula is C74H135NO10. The summed E-state index contributed by atoms with van der Waals surface area (Å²) in [6.45, 7) is 5.81. The van der Waals surface area contributed by atoms with E-state index in [0.717, 1.165) is 89.9 Å². The van der Waals surface area contributed by atoms with E-state index in [1.807, 2.05) is 6.08 Å². The molecule has 0 spiro atoms. The Labute approximate surface area is 522 Å². The van der Waals surface area contributed by atoms with Gasteiger partial charge in [-0.1, -0.05) is 319 Å². The summed E-state index contributed by atoms with van der Waals surface area (Å²) < 4.78 is 17.7. The summed E-state index contributed by atoms with van der Waals surface area (Å²) in [5.74, 6) is -1.19. The van der Waals surface area contributed by atoms with Crippen LogP contribution in [0.4, 0.5) is 0 Å². The van der Waals surface area contributed by atoms with E-state index in [0.29, 0.717) is 19.3 Å². The van der Waals surface area contributed by atoms with Crippen LogP contribution >= 0.6 is 0 Å². The van der Waals surface area contributed by atoms with Crippen LogP contribution in [0.2, 0.25) is 0 Å². The lowest BCUT2D eigenvalue weighted by atomic mass is 9.99. The van der Waals surface area contributed by atoms with E-state index in [1.54, 1.807) is 6.08 Å². The van der Waals surface area contributed by atoms with E-state index in [2.05, 4.69) is 74.7 Å². The van der Waals surface area contributed by atoms with Crippen molar-refractivity contribution in [3.05, 3.63) is 60.8 Å². The number of esters is 1. The van der Waals surface area contributed by atoms with Crippen LogP contribution in [0.25, 0.3) is 0 Å². The zero-order valence-electron chi connectivity index (χ0n) is 55.2. The number of aliphatic hydroxyl groups is 5. The normalized spacial score (nSPS) is 18.7. The van der Waals surface area contributed by atoms with Crippen molar-refractivity contribution in [2.24, 2.45) is 0 Å². The highest BCUT2D eigenvalue weighted by molar-refractivity contribution is 5.80. The van der Waals surface area contributed by atoms with Gasteiger partial charge in [-0.2, -0.15) is 0 Å². The highest BCUT2D eigenvalue weighted by Crippen LogP contribution is 2.26. The van der Waals surface area contributed by atoms with Gasteiger partial charge in [0.2, 0.25) is 5.91 Å². The lowest BCUT2D eigenvalue weighted by Gasteiger charge is -2.41. The van der Waals surface area contributed by atoms with Gasteiger partial charge in [0, 0.05) is 6.42 Å². The molecule has 1 aliphatic heterocycles. The monoisotopic (exact) mass is 1200 g/mol. The molecule has 0 radical (unpaired) electrons. The van der Waals surface area contributed by atoms with Crippen LogP contribution in [0.1, 0.15) is 335 Å². The second-order valence-electron chi connectivity index (χ2n) is 25.0. The number of amides is 1. The van der Waals surface area contributed by atoms with Crippen molar-refractivity contribution < 1.29 is 49.3 Å². The molecule has 1 saturated heterocycles. The number of hydrogen-bond donors (Lipinski definition) is 6. The van der Waals surface area contributed by atoms with Crippen LogP contribution in [0.3, 0.4) is 0 Å². The molecule has 0 aromatic carbocycles. The van der Waals surface area contributed by atoms with Crippen LogP contribution < -0.4 is 5.32 Å². The fourth-order valence-corrected chi connectivity index (χ4v) is 11.2. The molecule has 0 aromatic rings. The van der Waals surface area contributed by atoms with Gasteiger partial charge >= 0.3 is 5.97 Å². The number of carbonyl (C=O) groups excluding carboxylic acids is 2. The van der Waals surface area contributed by atoms with Crippen LogP contribution in [0.5, 0.6) is 0 Å². The predicted octanol–water partition coefficient (Wildman–Crippen LogP) is 18.5. The molecule has 0 saturated carbocycles. The molecule has 6 N–H and O–H groups in total. The third-order valence-corrected chi connectivity index (χ3v) is 16.9. The number of carbonyl (C=O) groups is 2. The molecule has 11 nitrogen and oxygen atoms in total. The summed E-state index contributed by atoms with van der Waals surface area (Å²) in [7, 11) is 0. The molecule has 8 unspecified atom stereocenters. The Balaban J connectivity index is 2.58. The van der Waals surface area contributed by atoms with Crippen LogP contribution in [0.15, 0.2) is 60.8 Å². The number of nitrogens with one attached hydrogen (secondary N) is 1. The highest BCUT2D eigenvalue weighted by Gasteiger charge is 2.47. The molecule has 8 atom stereocenters. The fraction of sp³-hybridized carbons (Fsp3) is 0.838. The second kappa shape index (κ2) is 61.6. The van der Waals surface area contributed by atoms with Gasteiger partial charge in [0.05, 0.1) is 25.4 Å². The lowest BCUT2D eigenvalue weighted by molar-refractivity contribution is -0.305. The van der Waals surface area contributed by atoms with E-state index in [9.17, 15) is 35.1 Å². The van der Waals surface area contributed by atoms with Gasteiger partial charge in [-0.15, -0.1) is 0 Å². The first-order valence-corrected chi connectivity index (χ1v) is 36.1. The Morgan fingerprint density at radius 2 is 0.812 bits per heavy atom. The molecular weight excluding hydrogens is 1060 g/mol. The summed E-state index contributed by atoms with van der Waals surface area (Å²) in [5.41, 5.74) is 0. The Morgan fingerprint density at radius 1 is 0.459 bits per heavy atom.